The smallest absolute Gasteiger partial charge is 0.409 e. The van der Waals surface area contributed by atoms with Gasteiger partial charge >= 0.3 is 6.09 Å². The van der Waals surface area contributed by atoms with E-state index < -0.39 is 6.09 Å². The van der Waals surface area contributed by atoms with Gasteiger partial charge in [-0.05, 0) is 37.1 Å². The molecule has 6 heteroatoms. The first-order valence-corrected chi connectivity index (χ1v) is 8.69. The van der Waals surface area contributed by atoms with Crippen LogP contribution in [0, 0.1) is 0 Å². The number of rotatable bonds is 7. The highest BCUT2D eigenvalue weighted by Gasteiger charge is 2.11. The summed E-state index contributed by atoms with van der Waals surface area (Å²) >= 11 is 0. The Labute approximate surface area is 152 Å². The summed E-state index contributed by atoms with van der Waals surface area (Å²) < 4.78 is 6.98. The van der Waals surface area contributed by atoms with E-state index in [4.69, 9.17) is 4.74 Å². The highest BCUT2D eigenvalue weighted by Crippen LogP contribution is 2.18. The van der Waals surface area contributed by atoms with Crippen molar-refractivity contribution >= 4 is 11.9 Å². The SMILES string of the molecule is CCCCc1cc(NNC(=O)Oc2ccccc2)n(-c2ccccc2)n1. The van der Waals surface area contributed by atoms with Crippen molar-refractivity contribution in [2.75, 3.05) is 5.43 Å². The maximum Gasteiger partial charge on any atom is 0.431 e. The Balaban J connectivity index is 1.71. The van der Waals surface area contributed by atoms with Crippen LogP contribution in [0.1, 0.15) is 25.5 Å². The van der Waals surface area contributed by atoms with Crippen molar-refractivity contribution in [1.29, 1.82) is 0 Å². The second kappa shape index (κ2) is 8.71. The molecule has 0 saturated heterocycles. The third-order valence-electron chi connectivity index (χ3n) is 3.79. The lowest BCUT2D eigenvalue weighted by atomic mass is 10.2. The van der Waals surface area contributed by atoms with Gasteiger partial charge < -0.3 is 4.74 Å². The number of benzene rings is 2. The Hall–Kier alpha value is -3.28. The van der Waals surface area contributed by atoms with Crippen LogP contribution >= 0.6 is 0 Å². The number of hydrogen-bond acceptors (Lipinski definition) is 4. The van der Waals surface area contributed by atoms with Crippen LogP contribution in [0.15, 0.2) is 66.7 Å². The van der Waals surface area contributed by atoms with Crippen molar-refractivity contribution in [2.24, 2.45) is 0 Å². The van der Waals surface area contributed by atoms with Gasteiger partial charge in [0.2, 0.25) is 0 Å². The minimum Gasteiger partial charge on any atom is -0.409 e. The Morgan fingerprint density at radius 1 is 1.08 bits per heavy atom. The molecule has 0 bridgehead atoms. The number of nitrogens with one attached hydrogen (secondary N) is 2. The first kappa shape index (κ1) is 17.5. The fraction of sp³-hybridized carbons (Fsp3) is 0.200. The molecule has 0 aliphatic rings. The number of hydrogen-bond donors (Lipinski definition) is 2. The van der Waals surface area contributed by atoms with Crippen LogP contribution in [-0.2, 0) is 6.42 Å². The van der Waals surface area contributed by atoms with Gasteiger partial charge in [-0.3, -0.25) is 5.43 Å². The molecular weight excluding hydrogens is 328 g/mol. The minimum absolute atomic E-state index is 0.479. The zero-order valence-electron chi connectivity index (χ0n) is 14.7. The van der Waals surface area contributed by atoms with Gasteiger partial charge in [-0.15, -0.1) is 0 Å². The molecule has 2 N–H and O–H groups in total. The average Bonchev–Trinajstić information content (AvgIpc) is 3.09. The molecule has 0 saturated carbocycles. The molecule has 0 spiro atoms. The monoisotopic (exact) mass is 350 g/mol. The van der Waals surface area contributed by atoms with Crippen LogP contribution in [0.5, 0.6) is 5.75 Å². The molecular formula is C20H22N4O2. The second-order valence-electron chi connectivity index (χ2n) is 5.82. The van der Waals surface area contributed by atoms with Crippen LogP contribution in [0.4, 0.5) is 10.6 Å². The number of amides is 1. The molecule has 0 fully saturated rings. The van der Waals surface area contributed by atoms with Gasteiger partial charge in [0.1, 0.15) is 11.6 Å². The van der Waals surface area contributed by atoms with Gasteiger partial charge in [-0.25, -0.2) is 14.9 Å². The van der Waals surface area contributed by atoms with E-state index in [0.717, 1.165) is 30.6 Å². The summed E-state index contributed by atoms with van der Waals surface area (Å²) in [6.07, 6.45) is 2.46. The lowest BCUT2D eigenvalue weighted by Crippen LogP contribution is -2.33. The first-order valence-electron chi connectivity index (χ1n) is 8.69. The van der Waals surface area contributed by atoms with E-state index in [0.29, 0.717) is 11.6 Å². The van der Waals surface area contributed by atoms with E-state index in [1.807, 2.05) is 42.5 Å². The summed E-state index contributed by atoms with van der Waals surface area (Å²) in [6.45, 7) is 2.15. The third-order valence-corrected chi connectivity index (χ3v) is 3.79. The number of aromatic nitrogens is 2. The minimum atomic E-state index is -0.591. The number of unbranched alkanes of at least 4 members (excludes halogenated alkanes) is 1. The summed E-state index contributed by atoms with van der Waals surface area (Å²) in [5.74, 6) is 1.15. The van der Waals surface area contributed by atoms with Crippen LogP contribution < -0.4 is 15.6 Å². The number of nitrogens with zero attached hydrogens (tertiary/aromatic N) is 2. The number of carbonyl (C=O) groups excluding carboxylic acids is 1. The molecule has 3 aromatic rings. The summed E-state index contributed by atoms with van der Waals surface area (Å²) in [5, 5.41) is 4.64. The van der Waals surface area contributed by atoms with Crippen molar-refractivity contribution in [3.05, 3.63) is 72.4 Å². The zero-order valence-corrected chi connectivity index (χ0v) is 14.7. The highest BCUT2D eigenvalue weighted by molar-refractivity contribution is 5.72. The fourth-order valence-corrected chi connectivity index (χ4v) is 2.50. The zero-order chi connectivity index (χ0) is 18.2. The molecule has 134 valence electrons. The van der Waals surface area contributed by atoms with Crippen molar-refractivity contribution in [3.63, 3.8) is 0 Å². The normalized spacial score (nSPS) is 10.3. The van der Waals surface area contributed by atoms with Crippen LogP contribution in [0.25, 0.3) is 5.69 Å². The van der Waals surface area contributed by atoms with Crippen molar-refractivity contribution < 1.29 is 9.53 Å². The van der Waals surface area contributed by atoms with Crippen LogP contribution in [0.3, 0.4) is 0 Å². The molecule has 0 radical (unpaired) electrons. The van der Waals surface area contributed by atoms with Crippen molar-refractivity contribution in [3.8, 4) is 11.4 Å². The van der Waals surface area contributed by atoms with E-state index in [2.05, 4.69) is 22.9 Å². The molecule has 3 rings (SSSR count). The number of anilines is 1. The molecule has 26 heavy (non-hydrogen) atoms. The topological polar surface area (TPSA) is 68.2 Å². The van der Waals surface area contributed by atoms with Gasteiger partial charge in [0.25, 0.3) is 0 Å². The predicted octanol–water partition coefficient (Wildman–Crippen LogP) is 4.33. The molecule has 1 amide bonds. The quantitative estimate of drug-likeness (QED) is 0.622. The molecule has 0 unspecified atom stereocenters. The number of carbonyl (C=O) groups is 1. The van der Waals surface area contributed by atoms with Crippen molar-refractivity contribution in [1.82, 2.24) is 15.2 Å². The highest BCUT2D eigenvalue weighted by atomic mass is 16.6. The van der Waals surface area contributed by atoms with Crippen LogP contribution in [-0.4, -0.2) is 15.9 Å². The standard InChI is InChI=1S/C20H22N4O2/c1-2-3-10-16-15-19(24(23-16)17-11-6-4-7-12-17)21-22-20(25)26-18-13-8-5-9-14-18/h4-9,11-15,21H,2-3,10H2,1H3,(H,22,25). The molecule has 0 atom stereocenters. The number of ether oxygens (including phenoxy) is 1. The van der Waals surface area contributed by atoms with Crippen LogP contribution in [0.2, 0.25) is 0 Å². The number of aryl methyl sites for hydroxylation is 1. The van der Waals surface area contributed by atoms with E-state index in [1.165, 1.54) is 0 Å². The fourth-order valence-electron chi connectivity index (χ4n) is 2.50. The van der Waals surface area contributed by atoms with Gasteiger partial charge in [-0.1, -0.05) is 49.7 Å². The molecule has 6 nitrogen and oxygen atoms in total. The maximum absolute atomic E-state index is 12.0. The predicted molar refractivity (Wildman–Crippen MR) is 101 cm³/mol. The van der Waals surface area contributed by atoms with Gasteiger partial charge in [-0.2, -0.15) is 5.10 Å². The van der Waals surface area contributed by atoms with Gasteiger partial charge in [0.15, 0.2) is 0 Å². The lowest BCUT2D eigenvalue weighted by Gasteiger charge is -2.11. The molecule has 1 aromatic heterocycles. The van der Waals surface area contributed by atoms with Crippen molar-refractivity contribution in [2.45, 2.75) is 26.2 Å². The summed E-state index contributed by atoms with van der Waals surface area (Å²) in [7, 11) is 0. The van der Waals surface area contributed by atoms with Gasteiger partial charge in [0.05, 0.1) is 11.4 Å². The molecule has 0 aliphatic heterocycles. The van der Waals surface area contributed by atoms with E-state index >= 15 is 0 Å². The summed E-state index contributed by atoms with van der Waals surface area (Å²) in [5.41, 5.74) is 7.34. The largest absolute Gasteiger partial charge is 0.431 e. The number of para-hydroxylation sites is 2. The number of hydrazine groups is 1. The Morgan fingerprint density at radius 2 is 1.77 bits per heavy atom. The van der Waals surface area contributed by atoms with Gasteiger partial charge in [0, 0.05) is 6.07 Å². The van der Waals surface area contributed by atoms with E-state index in [9.17, 15) is 4.79 Å². The second-order valence-corrected chi connectivity index (χ2v) is 5.82. The Kier molecular flexibility index (Phi) is 5.88. The van der Waals surface area contributed by atoms with E-state index in [-0.39, 0.29) is 0 Å². The lowest BCUT2D eigenvalue weighted by molar-refractivity contribution is 0.202. The molecule has 2 aromatic carbocycles. The summed E-state index contributed by atoms with van der Waals surface area (Å²) in [6, 6.07) is 20.6. The Morgan fingerprint density at radius 3 is 2.46 bits per heavy atom. The molecule has 0 aliphatic carbocycles. The molecule has 1 heterocycles. The first-order chi connectivity index (χ1) is 12.8. The average molecular weight is 350 g/mol. The maximum atomic E-state index is 12.0. The third kappa shape index (κ3) is 4.63. The van der Waals surface area contributed by atoms with E-state index in [1.54, 1.807) is 28.9 Å². The summed E-state index contributed by atoms with van der Waals surface area (Å²) in [4.78, 5) is 12.0. The Bertz CT molecular complexity index is 832.